The lowest BCUT2D eigenvalue weighted by Crippen LogP contribution is -2.36. The molecule has 0 bridgehead atoms. The van der Waals surface area contributed by atoms with Gasteiger partial charge >= 0.3 is 6.09 Å². The summed E-state index contributed by atoms with van der Waals surface area (Å²) < 4.78 is 33.7. The summed E-state index contributed by atoms with van der Waals surface area (Å²) in [6.07, 6.45) is 0.418. The third-order valence-corrected chi connectivity index (χ3v) is 5.67. The first-order valence-corrected chi connectivity index (χ1v) is 10.8. The molecule has 1 aliphatic rings. The monoisotopic (exact) mass is 497 g/mol. The van der Waals surface area contributed by atoms with Gasteiger partial charge < -0.3 is 15.4 Å². The number of aromatic nitrogens is 5. The molecule has 14 heteroatoms. The van der Waals surface area contributed by atoms with E-state index in [2.05, 4.69) is 42.3 Å². The van der Waals surface area contributed by atoms with Crippen LogP contribution in [0.3, 0.4) is 0 Å². The van der Waals surface area contributed by atoms with Crippen molar-refractivity contribution >= 4 is 23.5 Å². The van der Waals surface area contributed by atoms with E-state index in [9.17, 15) is 23.6 Å². The number of hydrogen-bond donors (Lipinski definition) is 3. The Balaban J connectivity index is 1.45. The molecule has 0 aliphatic carbocycles. The van der Waals surface area contributed by atoms with Gasteiger partial charge in [0, 0.05) is 13.6 Å². The summed E-state index contributed by atoms with van der Waals surface area (Å²) in [6.45, 7) is 2.22. The van der Waals surface area contributed by atoms with Crippen LogP contribution in [-0.4, -0.2) is 50.1 Å². The molecule has 12 nitrogen and oxygen atoms in total. The fourth-order valence-corrected chi connectivity index (χ4v) is 3.63. The van der Waals surface area contributed by atoms with Crippen molar-refractivity contribution in [3.8, 4) is 17.5 Å². The highest BCUT2D eigenvalue weighted by atomic mass is 19.1. The maximum Gasteiger partial charge on any atom is 0.413 e. The number of nitrogens with one attached hydrogen (secondary N) is 3. The fraction of sp³-hybridized carbons (Fsp3) is 0.318. The van der Waals surface area contributed by atoms with Crippen LogP contribution in [0, 0.1) is 28.5 Å². The summed E-state index contributed by atoms with van der Waals surface area (Å²) in [6, 6.07) is 6.10. The largest absolute Gasteiger partial charge is 0.441 e. The first-order chi connectivity index (χ1) is 17.2. The number of amides is 2. The van der Waals surface area contributed by atoms with Gasteiger partial charge in [-0.3, -0.25) is 15.1 Å². The van der Waals surface area contributed by atoms with Crippen molar-refractivity contribution in [1.82, 2.24) is 30.3 Å². The molecule has 0 radical (unpaired) electrons. The summed E-state index contributed by atoms with van der Waals surface area (Å²) in [4.78, 5) is 32.6. The van der Waals surface area contributed by atoms with Crippen molar-refractivity contribution in [2.45, 2.75) is 19.4 Å². The predicted molar refractivity (Wildman–Crippen MR) is 121 cm³/mol. The Hall–Kier alpha value is -4.51. The van der Waals surface area contributed by atoms with E-state index in [1.54, 1.807) is 12.1 Å². The number of nitrogens with zero attached hydrogens (tertiary/aromatic N) is 6. The smallest absolute Gasteiger partial charge is 0.413 e. The second kappa shape index (κ2) is 10.0. The highest BCUT2D eigenvalue weighted by molar-refractivity contribution is 5.97. The summed E-state index contributed by atoms with van der Waals surface area (Å²) >= 11 is 0. The standard InChI is InChI=1S/C22H21F2N9O3/c1-12(15-7-13(23)8-28-18(15)24)36-21(35)30-19-17(31-32-33(19)2)16-4-3-14(9-27-16)29-20(34)22(10-25)5-6-26-11-22/h3-4,7-9,12,26H,5-6,11H2,1-2H3,(H,29,34)(H,30,35)/t12-,22?/m1/s1. The third kappa shape index (κ3) is 4.96. The second-order valence-corrected chi connectivity index (χ2v) is 8.12. The number of ether oxygens (including phenoxy) is 1. The van der Waals surface area contributed by atoms with Crippen molar-refractivity contribution in [3.05, 3.63) is 47.9 Å². The zero-order valence-electron chi connectivity index (χ0n) is 19.2. The van der Waals surface area contributed by atoms with Crippen LogP contribution in [0.5, 0.6) is 0 Å². The van der Waals surface area contributed by atoms with E-state index < -0.39 is 35.3 Å². The van der Waals surface area contributed by atoms with Crippen LogP contribution in [0.4, 0.5) is 25.1 Å². The van der Waals surface area contributed by atoms with E-state index in [0.29, 0.717) is 24.3 Å². The number of hydrogen-bond acceptors (Lipinski definition) is 9. The Labute approximate surface area is 203 Å². The van der Waals surface area contributed by atoms with Crippen LogP contribution in [0.1, 0.15) is 25.0 Å². The van der Waals surface area contributed by atoms with Gasteiger partial charge in [0.2, 0.25) is 11.9 Å². The number of anilines is 2. The number of pyridine rings is 2. The topological polar surface area (TPSA) is 160 Å². The van der Waals surface area contributed by atoms with Crippen molar-refractivity contribution < 1.29 is 23.1 Å². The number of halogens is 2. The van der Waals surface area contributed by atoms with E-state index in [1.165, 1.54) is 24.9 Å². The SMILES string of the molecule is C[C@@H](OC(=O)Nc1c(-c2ccc(NC(=O)C3(C#N)CCNC3)cn2)nnn1C)c1cc(F)cnc1F. The molecule has 3 aromatic rings. The summed E-state index contributed by atoms with van der Waals surface area (Å²) in [5.74, 6) is -2.02. The van der Waals surface area contributed by atoms with Gasteiger partial charge in [0.25, 0.3) is 0 Å². The Morgan fingerprint density at radius 2 is 2.08 bits per heavy atom. The lowest BCUT2D eigenvalue weighted by Gasteiger charge is -2.18. The van der Waals surface area contributed by atoms with Crippen molar-refractivity contribution in [2.24, 2.45) is 12.5 Å². The first kappa shape index (κ1) is 24.6. The number of rotatable bonds is 6. The van der Waals surface area contributed by atoms with Gasteiger partial charge in [-0.15, -0.1) is 5.10 Å². The Kier molecular flexibility index (Phi) is 6.84. The van der Waals surface area contributed by atoms with E-state index in [4.69, 9.17) is 4.74 Å². The van der Waals surface area contributed by atoms with Crippen LogP contribution in [0.2, 0.25) is 0 Å². The average molecular weight is 497 g/mol. The Morgan fingerprint density at radius 1 is 1.28 bits per heavy atom. The zero-order chi connectivity index (χ0) is 25.9. The first-order valence-electron chi connectivity index (χ1n) is 10.8. The summed E-state index contributed by atoms with van der Waals surface area (Å²) in [5.41, 5.74) is -0.459. The summed E-state index contributed by atoms with van der Waals surface area (Å²) in [5, 5.41) is 25.5. The van der Waals surface area contributed by atoms with E-state index in [-0.39, 0.29) is 23.6 Å². The van der Waals surface area contributed by atoms with Gasteiger partial charge in [-0.2, -0.15) is 9.65 Å². The second-order valence-electron chi connectivity index (χ2n) is 8.12. The molecule has 0 saturated carbocycles. The normalized spacial score (nSPS) is 17.8. The van der Waals surface area contributed by atoms with Gasteiger partial charge in [0.05, 0.1) is 35.4 Å². The quantitative estimate of drug-likeness (QED) is 0.434. The molecular formula is C22H21F2N9O3. The van der Waals surface area contributed by atoms with Gasteiger partial charge in [-0.25, -0.2) is 18.9 Å². The molecule has 4 rings (SSSR count). The highest BCUT2D eigenvalue weighted by Crippen LogP contribution is 2.28. The van der Waals surface area contributed by atoms with Crippen LogP contribution >= 0.6 is 0 Å². The number of aryl methyl sites for hydroxylation is 1. The van der Waals surface area contributed by atoms with Crippen LogP contribution in [0.25, 0.3) is 11.4 Å². The van der Waals surface area contributed by atoms with Gasteiger partial charge in [0.1, 0.15) is 17.3 Å². The minimum atomic E-state index is -1.14. The van der Waals surface area contributed by atoms with Crippen LogP contribution < -0.4 is 16.0 Å². The molecule has 3 N–H and O–H groups in total. The molecule has 0 spiro atoms. The van der Waals surface area contributed by atoms with Gasteiger partial charge in [-0.1, -0.05) is 5.21 Å². The van der Waals surface area contributed by atoms with E-state index in [1.807, 2.05) is 0 Å². The minimum absolute atomic E-state index is 0.134. The van der Waals surface area contributed by atoms with E-state index >= 15 is 0 Å². The molecule has 1 fully saturated rings. The molecule has 2 amide bonds. The maximum absolute atomic E-state index is 13.9. The maximum atomic E-state index is 13.9. The Bertz CT molecular complexity index is 1330. The molecule has 186 valence electrons. The number of carbonyl (C=O) groups is 2. The molecule has 4 heterocycles. The molecule has 36 heavy (non-hydrogen) atoms. The van der Waals surface area contributed by atoms with E-state index in [0.717, 1.165) is 12.3 Å². The van der Waals surface area contributed by atoms with Crippen molar-refractivity contribution in [3.63, 3.8) is 0 Å². The van der Waals surface area contributed by atoms with Gasteiger partial charge in [0.15, 0.2) is 11.5 Å². The summed E-state index contributed by atoms with van der Waals surface area (Å²) in [7, 11) is 1.53. The lowest BCUT2D eigenvalue weighted by molar-refractivity contribution is -0.122. The number of nitriles is 1. The van der Waals surface area contributed by atoms with Gasteiger partial charge in [-0.05, 0) is 38.1 Å². The van der Waals surface area contributed by atoms with Crippen LogP contribution in [-0.2, 0) is 16.6 Å². The molecule has 1 saturated heterocycles. The van der Waals surface area contributed by atoms with Crippen molar-refractivity contribution in [1.29, 1.82) is 5.26 Å². The molecule has 2 atom stereocenters. The number of carbonyl (C=O) groups excluding carboxylic acids is 2. The average Bonchev–Trinajstić information content (AvgIpc) is 3.49. The molecule has 1 unspecified atom stereocenters. The molecule has 0 aromatic carbocycles. The Morgan fingerprint density at radius 3 is 2.75 bits per heavy atom. The molecule has 3 aromatic heterocycles. The fourth-order valence-electron chi connectivity index (χ4n) is 3.63. The van der Waals surface area contributed by atoms with Crippen LogP contribution in [0.15, 0.2) is 30.6 Å². The third-order valence-electron chi connectivity index (χ3n) is 5.67. The molecular weight excluding hydrogens is 476 g/mol. The minimum Gasteiger partial charge on any atom is -0.441 e. The molecule has 1 aliphatic heterocycles. The van der Waals surface area contributed by atoms with Crippen molar-refractivity contribution in [2.75, 3.05) is 23.7 Å². The lowest BCUT2D eigenvalue weighted by atomic mass is 9.88. The zero-order valence-corrected chi connectivity index (χ0v) is 19.2. The predicted octanol–water partition coefficient (Wildman–Crippen LogP) is 2.30. The highest BCUT2D eigenvalue weighted by Gasteiger charge is 2.41.